The van der Waals surface area contributed by atoms with Gasteiger partial charge < -0.3 is 9.64 Å². The average molecular weight is 419 g/mol. The Labute approximate surface area is 143 Å². The summed E-state index contributed by atoms with van der Waals surface area (Å²) in [6.45, 7) is 3.00. The van der Waals surface area contributed by atoms with E-state index in [0.29, 0.717) is 34.7 Å². The van der Waals surface area contributed by atoms with E-state index in [1.54, 1.807) is 17.9 Å². The van der Waals surface area contributed by atoms with Crippen molar-refractivity contribution in [2.75, 3.05) is 19.7 Å². The number of esters is 1. The maximum atomic E-state index is 13.4. The molecule has 2 rings (SSSR count). The molecule has 0 atom stereocenters. The van der Waals surface area contributed by atoms with E-state index in [2.05, 4.69) is 0 Å². The molecule has 1 aliphatic carbocycles. The number of halogens is 2. The molecule has 120 valence electrons. The van der Waals surface area contributed by atoms with Crippen molar-refractivity contribution in [1.82, 2.24) is 4.90 Å². The van der Waals surface area contributed by atoms with Crippen LogP contribution in [0.5, 0.6) is 0 Å². The van der Waals surface area contributed by atoms with E-state index < -0.39 is 5.82 Å². The molecule has 0 spiro atoms. The average Bonchev–Trinajstić information content (AvgIpc) is 3.29. The minimum atomic E-state index is -0.430. The summed E-state index contributed by atoms with van der Waals surface area (Å²) >= 11 is 2.02. The molecule has 1 amide bonds. The van der Waals surface area contributed by atoms with Gasteiger partial charge in [-0.3, -0.25) is 9.59 Å². The third-order valence-corrected chi connectivity index (χ3v) is 4.45. The van der Waals surface area contributed by atoms with Crippen molar-refractivity contribution in [1.29, 1.82) is 0 Å². The number of carbonyl (C=O) groups excluding carboxylic acids is 2. The Kier molecular flexibility index (Phi) is 6.16. The number of hydrogen-bond acceptors (Lipinski definition) is 3. The van der Waals surface area contributed by atoms with Gasteiger partial charge in [0, 0.05) is 16.7 Å². The van der Waals surface area contributed by atoms with Crippen LogP contribution in [0, 0.1) is 15.3 Å². The maximum Gasteiger partial charge on any atom is 0.307 e. The molecular weight excluding hydrogens is 400 g/mol. The lowest BCUT2D eigenvalue weighted by molar-refractivity contribution is -0.143. The fraction of sp³-hybridized carbons (Fsp3) is 0.500. The van der Waals surface area contributed by atoms with E-state index in [1.165, 1.54) is 12.1 Å². The summed E-state index contributed by atoms with van der Waals surface area (Å²) in [7, 11) is 0. The molecule has 4 nitrogen and oxygen atoms in total. The van der Waals surface area contributed by atoms with E-state index in [-0.39, 0.29) is 18.3 Å². The number of carbonyl (C=O) groups is 2. The number of hydrogen-bond donors (Lipinski definition) is 0. The molecule has 1 fully saturated rings. The Morgan fingerprint density at radius 2 is 2.14 bits per heavy atom. The zero-order valence-electron chi connectivity index (χ0n) is 12.5. The minimum absolute atomic E-state index is 0.165. The summed E-state index contributed by atoms with van der Waals surface area (Å²) in [5, 5.41) is 0. The lowest BCUT2D eigenvalue weighted by Gasteiger charge is -2.23. The Morgan fingerprint density at radius 1 is 1.41 bits per heavy atom. The lowest BCUT2D eigenvalue weighted by Crippen LogP contribution is -2.35. The topological polar surface area (TPSA) is 46.6 Å². The molecule has 1 aromatic rings. The molecule has 1 aromatic carbocycles. The zero-order chi connectivity index (χ0) is 16.1. The Morgan fingerprint density at radius 3 is 2.77 bits per heavy atom. The highest BCUT2D eigenvalue weighted by atomic mass is 127. The van der Waals surface area contributed by atoms with Crippen LogP contribution in [0.15, 0.2) is 18.2 Å². The van der Waals surface area contributed by atoms with Crippen molar-refractivity contribution in [3.05, 3.63) is 33.1 Å². The van der Waals surface area contributed by atoms with Gasteiger partial charge in [-0.2, -0.15) is 0 Å². The Bertz CT molecular complexity index is 560. The first-order chi connectivity index (χ1) is 10.5. The first kappa shape index (κ1) is 17.2. The molecule has 0 aromatic heterocycles. The zero-order valence-corrected chi connectivity index (χ0v) is 14.6. The molecule has 0 bridgehead atoms. The molecule has 1 aliphatic rings. The summed E-state index contributed by atoms with van der Waals surface area (Å²) < 4.78 is 19.0. The van der Waals surface area contributed by atoms with Crippen LogP contribution >= 0.6 is 22.6 Å². The monoisotopic (exact) mass is 419 g/mol. The molecule has 0 heterocycles. The molecule has 0 N–H and O–H groups in total. The van der Waals surface area contributed by atoms with Gasteiger partial charge in [0.25, 0.3) is 5.91 Å². The van der Waals surface area contributed by atoms with Crippen LogP contribution in [-0.4, -0.2) is 36.5 Å². The third kappa shape index (κ3) is 4.93. The maximum absolute atomic E-state index is 13.4. The van der Waals surface area contributed by atoms with Crippen LogP contribution in [-0.2, 0) is 9.53 Å². The molecule has 0 aliphatic heterocycles. The Balaban J connectivity index is 2.08. The second-order valence-electron chi connectivity index (χ2n) is 5.37. The van der Waals surface area contributed by atoms with E-state index >= 15 is 0 Å². The number of amides is 1. The van der Waals surface area contributed by atoms with Crippen LogP contribution < -0.4 is 0 Å². The van der Waals surface area contributed by atoms with Crippen LogP contribution in [0.2, 0.25) is 0 Å². The van der Waals surface area contributed by atoms with Gasteiger partial charge in [0.1, 0.15) is 5.82 Å². The van der Waals surface area contributed by atoms with Gasteiger partial charge in [-0.1, -0.05) is 0 Å². The van der Waals surface area contributed by atoms with Gasteiger partial charge in [-0.15, -0.1) is 0 Å². The van der Waals surface area contributed by atoms with Gasteiger partial charge in [-0.05, 0) is 66.5 Å². The third-order valence-electron chi connectivity index (χ3n) is 3.51. The highest BCUT2D eigenvalue weighted by Crippen LogP contribution is 2.30. The summed E-state index contributed by atoms with van der Waals surface area (Å²) in [6, 6.07) is 4.18. The number of nitrogens with zero attached hydrogens (tertiary/aromatic N) is 1. The van der Waals surface area contributed by atoms with E-state index in [0.717, 1.165) is 12.8 Å². The van der Waals surface area contributed by atoms with Crippen molar-refractivity contribution >= 4 is 34.5 Å². The molecule has 22 heavy (non-hydrogen) atoms. The van der Waals surface area contributed by atoms with Gasteiger partial charge in [0.05, 0.1) is 18.6 Å². The summed E-state index contributed by atoms with van der Waals surface area (Å²) in [4.78, 5) is 25.8. The van der Waals surface area contributed by atoms with E-state index in [9.17, 15) is 14.0 Å². The lowest BCUT2D eigenvalue weighted by atomic mass is 10.1. The van der Waals surface area contributed by atoms with Crippen LogP contribution in [0.4, 0.5) is 4.39 Å². The second-order valence-corrected chi connectivity index (χ2v) is 6.54. The Hall–Kier alpha value is -1.18. The predicted molar refractivity (Wildman–Crippen MR) is 89.0 cm³/mol. The fourth-order valence-electron chi connectivity index (χ4n) is 2.18. The smallest absolute Gasteiger partial charge is 0.307 e. The first-order valence-corrected chi connectivity index (χ1v) is 8.49. The van der Waals surface area contributed by atoms with Gasteiger partial charge in [0.2, 0.25) is 0 Å². The van der Waals surface area contributed by atoms with Gasteiger partial charge in [0.15, 0.2) is 0 Å². The summed E-state index contributed by atoms with van der Waals surface area (Å²) in [5.41, 5.74) is 0.352. The second kappa shape index (κ2) is 7.89. The first-order valence-electron chi connectivity index (χ1n) is 7.41. The standard InChI is InChI=1S/C16H19FINO3/c1-2-22-15(20)7-8-19(10-11-3-4-11)16(21)13-9-12(17)5-6-14(13)18/h5-6,9,11H,2-4,7-8,10H2,1H3. The SMILES string of the molecule is CCOC(=O)CCN(CC1CC1)C(=O)c1cc(F)ccc1I. The summed E-state index contributed by atoms with van der Waals surface area (Å²) in [5.74, 6) is -0.469. The van der Waals surface area contributed by atoms with E-state index in [4.69, 9.17) is 4.74 Å². The van der Waals surface area contributed by atoms with E-state index in [1.807, 2.05) is 22.6 Å². The van der Waals surface area contributed by atoms with Crippen molar-refractivity contribution in [3.63, 3.8) is 0 Å². The largest absolute Gasteiger partial charge is 0.466 e. The van der Waals surface area contributed by atoms with Crippen LogP contribution in [0.3, 0.4) is 0 Å². The van der Waals surface area contributed by atoms with Gasteiger partial charge >= 0.3 is 5.97 Å². The quantitative estimate of drug-likeness (QED) is 0.504. The van der Waals surface area contributed by atoms with Crippen molar-refractivity contribution < 1.29 is 18.7 Å². The van der Waals surface area contributed by atoms with Crippen LogP contribution in [0.1, 0.15) is 36.5 Å². The van der Waals surface area contributed by atoms with Gasteiger partial charge in [-0.25, -0.2) is 4.39 Å². The normalized spacial score (nSPS) is 13.8. The molecule has 0 unspecified atom stereocenters. The molecule has 1 saturated carbocycles. The molecule has 6 heteroatoms. The molecule has 0 radical (unpaired) electrons. The minimum Gasteiger partial charge on any atom is -0.466 e. The molecule has 0 saturated heterocycles. The highest BCUT2D eigenvalue weighted by Gasteiger charge is 2.28. The highest BCUT2D eigenvalue weighted by molar-refractivity contribution is 14.1. The number of ether oxygens (including phenoxy) is 1. The predicted octanol–water partition coefficient (Wildman–Crippen LogP) is 3.24. The summed E-state index contributed by atoms with van der Waals surface area (Å²) in [6.07, 6.45) is 2.37. The number of rotatable bonds is 7. The number of benzene rings is 1. The van der Waals surface area contributed by atoms with Crippen molar-refractivity contribution in [2.24, 2.45) is 5.92 Å². The fourth-order valence-corrected chi connectivity index (χ4v) is 2.75. The van der Waals surface area contributed by atoms with Crippen molar-refractivity contribution in [3.8, 4) is 0 Å². The molecular formula is C16H19FINO3. The van der Waals surface area contributed by atoms with Crippen molar-refractivity contribution in [2.45, 2.75) is 26.2 Å². The van der Waals surface area contributed by atoms with Crippen LogP contribution in [0.25, 0.3) is 0 Å².